The van der Waals surface area contributed by atoms with Crippen LogP contribution in [0, 0.1) is 23.7 Å². The Balaban J connectivity index is 0.000000566. The summed E-state index contributed by atoms with van der Waals surface area (Å²) in [5, 5.41) is 19.6. The number of hydrazine groups is 1. The van der Waals surface area contributed by atoms with E-state index in [1.807, 2.05) is 48.5 Å². The van der Waals surface area contributed by atoms with Gasteiger partial charge in [-0.3, -0.25) is 29.3 Å². The first-order chi connectivity index (χ1) is 33.0. The third kappa shape index (κ3) is 16.3. The zero-order valence-electron chi connectivity index (χ0n) is 38.2. The van der Waals surface area contributed by atoms with Crippen LogP contribution in [0.2, 0.25) is 0 Å². The Morgan fingerprint density at radius 1 is 0.912 bits per heavy atom. The van der Waals surface area contributed by atoms with Crippen molar-refractivity contribution in [3.05, 3.63) is 107 Å². The van der Waals surface area contributed by atoms with Gasteiger partial charge in [0.05, 0.1) is 38.5 Å². The molecule has 11 N–H and O–H groups in total. The third-order valence-electron chi connectivity index (χ3n) is 9.52. The molecule has 0 atom stereocenters. The lowest BCUT2D eigenvalue weighted by Crippen LogP contribution is -2.32. The summed E-state index contributed by atoms with van der Waals surface area (Å²) >= 11 is 1.52. The normalized spacial score (nSPS) is 11.4. The van der Waals surface area contributed by atoms with E-state index in [1.54, 1.807) is 36.2 Å². The number of benzene rings is 3. The molecule has 5 aromatic rings. The molecule has 6 rings (SSSR count). The van der Waals surface area contributed by atoms with Gasteiger partial charge in [0.1, 0.15) is 17.3 Å². The molecule has 3 heterocycles. The van der Waals surface area contributed by atoms with Crippen LogP contribution in [0.4, 0.5) is 23.0 Å². The number of aromatic nitrogens is 5. The van der Waals surface area contributed by atoms with Gasteiger partial charge in [-0.25, -0.2) is 20.8 Å². The average molecular weight is 945 g/mol. The lowest BCUT2D eigenvalue weighted by Gasteiger charge is -2.21. The maximum Gasteiger partial charge on any atom is 0.296 e. The number of para-hydroxylation sites is 2. The Morgan fingerprint density at radius 3 is 2.19 bits per heavy atom. The lowest BCUT2D eigenvalue weighted by atomic mass is 10.1. The Kier molecular flexibility index (Phi) is 20.4. The number of amides is 4. The molecule has 4 amide bonds. The molecule has 0 aliphatic carbocycles. The van der Waals surface area contributed by atoms with E-state index < -0.39 is 11.8 Å². The van der Waals surface area contributed by atoms with Gasteiger partial charge < -0.3 is 47.1 Å². The van der Waals surface area contributed by atoms with Gasteiger partial charge in [-0.15, -0.1) is 5.10 Å². The van der Waals surface area contributed by atoms with Crippen LogP contribution in [-0.4, -0.2) is 115 Å². The van der Waals surface area contributed by atoms with Crippen LogP contribution in [-0.2, 0) is 32.1 Å². The number of hydrogen-bond donors (Lipinski definition) is 8. The van der Waals surface area contributed by atoms with Gasteiger partial charge in [0, 0.05) is 75.4 Å². The number of rotatable bonds is 18. The number of thioether (sulfide) groups is 1. The first kappa shape index (κ1) is 51.3. The van der Waals surface area contributed by atoms with E-state index in [1.165, 1.54) is 23.8 Å². The quantitative estimate of drug-likeness (QED) is 0.0156. The van der Waals surface area contributed by atoms with Gasteiger partial charge in [0.15, 0.2) is 16.8 Å². The SMILES string of the molecule is CCCSc1nc(NCCN)c(N)c(N(N)Cc2ccc(C#CC(=O)NCCOCCNC(=O)C#Cc3ccc(Cc4nc(C(=O)NC)n[nH]4)cc3)cc2)n1.CN1C(=O)CCOc2ccccc21. The second kappa shape index (κ2) is 27.1. The first-order valence-electron chi connectivity index (χ1n) is 21.7. The van der Waals surface area contributed by atoms with Gasteiger partial charge in [-0.1, -0.05) is 66.9 Å². The monoisotopic (exact) mass is 944 g/mol. The van der Waals surface area contributed by atoms with E-state index in [-0.39, 0.29) is 43.9 Å². The second-order valence-electron chi connectivity index (χ2n) is 14.7. The van der Waals surface area contributed by atoms with Crippen molar-refractivity contribution in [1.82, 2.24) is 41.1 Å². The van der Waals surface area contributed by atoms with Crippen molar-refractivity contribution in [2.45, 2.75) is 37.9 Å². The summed E-state index contributed by atoms with van der Waals surface area (Å²) in [6.07, 6.45) is 1.88. The van der Waals surface area contributed by atoms with Crippen molar-refractivity contribution >= 4 is 58.4 Å². The van der Waals surface area contributed by atoms with E-state index in [2.05, 4.69) is 77.0 Å². The van der Waals surface area contributed by atoms with Gasteiger partial charge in [0.25, 0.3) is 17.7 Å². The van der Waals surface area contributed by atoms with Gasteiger partial charge in [0.2, 0.25) is 11.7 Å². The van der Waals surface area contributed by atoms with Crippen molar-refractivity contribution < 1.29 is 28.7 Å². The third-order valence-corrected chi connectivity index (χ3v) is 10.6. The molecular weight excluding hydrogens is 889 g/mol. The molecule has 0 bridgehead atoms. The highest BCUT2D eigenvalue weighted by Crippen LogP contribution is 2.31. The first-order valence-corrected chi connectivity index (χ1v) is 22.7. The summed E-state index contributed by atoms with van der Waals surface area (Å²) in [6, 6.07) is 22.2. The minimum Gasteiger partial charge on any atom is -0.491 e. The minimum absolute atomic E-state index is 0.0794. The van der Waals surface area contributed by atoms with Crippen molar-refractivity contribution in [3.63, 3.8) is 0 Å². The van der Waals surface area contributed by atoms with Crippen molar-refractivity contribution in [2.24, 2.45) is 11.6 Å². The molecule has 356 valence electrons. The highest BCUT2D eigenvalue weighted by atomic mass is 32.2. The number of fused-ring (bicyclic) bond motifs is 1. The summed E-state index contributed by atoms with van der Waals surface area (Å²) in [5.41, 5.74) is 16.3. The minimum atomic E-state index is -0.444. The lowest BCUT2D eigenvalue weighted by molar-refractivity contribution is -0.118. The molecule has 0 saturated carbocycles. The fourth-order valence-corrected chi connectivity index (χ4v) is 6.71. The summed E-state index contributed by atoms with van der Waals surface area (Å²) in [6.45, 7) is 4.81. The zero-order chi connectivity index (χ0) is 48.7. The number of nitrogens with zero attached hydrogens (tertiary/aromatic N) is 6. The largest absolute Gasteiger partial charge is 0.491 e. The maximum atomic E-state index is 12.2. The van der Waals surface area contributed by atoms with Crippen LogP contribution in [0.5, 0.6) is 5.75 Å². The Morgan fingerprint density at radius 2 is 1.56 bits per heavy atom. The number of aromatic amines is 1. The van der Waals surface area contributed by atoms with E-state index in [4.69, 9.17) is 26.8 Å². The molecule has 21 heteroatoms. The zero-order valence-corrected chi connectivity index (χ0v) is 39.0. The van der Waals surface area contributed by atoms with Gasteiger partial charge in [-0.2, -0.15) is 0 Å². The molecule has 2 aromatic heterocycles. The molecular formula is C47H56N14O6S. The maximum absolute atomic E-state index is 12.2. The highest BCUT2D eigenvalue weighted by molar-refractivity contribution is 7.99. The number of nitrogens with one attached hydrogen (secondary N) is 5. The van der Waals surface area contributed by atoms with E-state index in [0.717, 1.165) is 34.7 Å². The van der Waals surface area contributed by atoms with E-state index >= 15 is 0 Å². The summed E-state index contributed by atoms with van der Waals surface area (Å²) < 4.78 is 10.9. The average Bonchev–Trinajstić information content (AvgIpc) is 3.77. The van der Waals surface area contributed by atoms with Gasteiger partial charge in [-0.05, 0) is 53.9 Å². The van der Waals surface area contributed by atoms with Crippen LogP contribution in [0.3, 0.4) is 0 Å². The number of carbonyl (C=O) groups excluding carboxylic acids is 4. The molecule has 0 fully saturated rings. The van der Waals surface area contributed by atoms with Crippen LogP contribution >= 0.6 is 11.8 Å². The fraction of sp³-hybridized carbons (Fsp3) is 0.319. The Hall–Kier alpha value is -7.69. The van der Waals surface area contributed by atoms with Gasteiger partial charge >= 0.3 is 0 Å². The predicted octanol–water partition coefficient (Wildman–Crippen LogP) is 1.96. The standard InChI is InChI=1S/C37H45N13O4S.C10H11NO2/c1-3-22-55-37-46-33(44-17-16-38)32(39)35(47-37)50(40)24-28-10-6-26(7-11-28)13-15-31(52)43-19-21-54-20-18-42-30(51)14-12-25-4-8-27(9-5-25)23-29-45-34(49-48-29)36(53)41-2;1-11-8-4-2-3-5-9(8)13-7-6-10(11)12/h4-11H,3,16-24,38-40H2,1-2H3,(H,41,53)(H,42,51)(H,43,52)(H,44,46,47)(H,45,48,49);2-5H,6-7H2,1H3. The summed E-state index contributed by atoms with van der Waals surface area (Å²) in [5.74, 6) is 19.2. The molecule has 0 saturated heterocycles. The topological polar surface area (TPSA) is 287 Å². The van der Waals surface area contributed by atoms with Crippen molar-refractivity contribution in [2.75, 3.05) is 86.8 Å². The number of nitrogen functional groups attached to an aromatic ring is 1. The van der Waals surface area contributed by atoms with Crippen molar-refractivity contribution in [3.8, 4) is 29.4 Å². The summed E-state index contributed by atoms with van der Waals surface area (Å²) in [4.78, 5) is 62.2. The van der Waals surface area contributed by atoms with Crippen LogP contribution < -0.4 is 53.2 Å². The number of anilines is 4. The molecule has 0 radical (unpaired) electrons. The smallest absolute Gasteiger partial charge is 0.296 e. The molecule has 3 aromatic carbocycles. The Bertz CT molecular complexity index is 2600. The second-order valence-corrected chi connectivity index (χ2v) is 15.7. The number of hydrogen-bond acceptors (Lipinski definition) is 16. The Labute approximate surface area is 399 Å². The van der Waals surface area contributed by atoms with E-state index in [9.17, 15) is 19.2 Å². The highest BCUT2D eigenvalue weighted by Gasteiger charge is 2.19. The molecule has 0 spiro atoms. The predicted molar refractivity (Wildman–Crippen MR) is 261 cm³/mol. The van der Waals surface area contributed by atoms with E-state index in [0.29, 0.717) is 78.5 Å². The summed E-state index contributed by atoms with van der Waals surface area (Å²) in [7, 11) is 3.29. The van der Waals surface area contributed by atoms with Crippen molar-refractivity contribution in [1.29, 1.82) is 0 Å². The van der Waals surface area contributed by atoms with Crippen LogP contribution in [0.1, 0.15) is 58.5 Å². The molecule has 1 aliphatic rings. The number of carbonyl (C=O) groups is 4. The number of ether oxygens (including phenoxy) is 2. The fourth-order valence-electron chi connectivity index (χ4n) is 6.02. The molecule has 20 nitrogen and oxygen atoms in total. The van der Waals surface area contributed by atoms with Crippen LogP contribution in [0.15, 0.2) is 78.0 Å². The molecule has 0 unspecified atom stereocenters. The number of H-pyrrole nitrogens is 1. The number of nitrogens with two attached hydrogens (primary N) is 3. The molecule has 68 heavy (non-hydrogen) atoms. The molecule has 1 aliphatic heterocycles. The van der Waals surface area contributed by atoms with Crippen LogP contribution in [0.25, 0.3) is 0 Å².